The van der Waals surface area contributed by atoms with E-state index in [0.29, 0.717) is 13.1 Å². The number of aromatic nitrogens is 1. The normalized spacial score (nSPS) is 14.3. The van der Waals surface area contributed by atoms with E-state index in [1.54, 1.807) is 26.1 Å². The molecule has 0 unspecified atom stereocenters. The second kappa shape index (κ2) is 8.34. The molecule has 1 aliphatic heterocycles. The third kappa shape index (κ3) is 4.23. The predicted octanol–water partition coefficient (Wildman–Crippen LogP) is 1.34. The molecule has 29 heavy (non-hydrogen) atoms. The molecule has 0 bridgehead atoms. The van der Waals surface area contributed by atoms with Crippen molar-refractivity contribution in [2.45, 2.75) is 26.3 Å². The van der Waals surface area contributed by atoms with Gasteiger partial charge in [-0.15, -0.1) is 0 Å². The minimum atomic E-state index is -0.957. The first kappa shape index (κ1) is 20.4. The van der Waals surface area contributed by atoms with E-state index in [2.05, 4.69) is 10.7 Å². The second-order valence-corrected chi connectivity index (χ2v) is 7.06. The Kier molecular flexibility index (Phi) is 5.86. The van der Waals surface area contributed by atoms with Crippen molar-refractivity contribution in [3.05, 3.63) is 62.8 Å². The summed E-state index contributed by atoms with van der Waals surface area (Å²) in [5.74, 6) is -2.56. The minimum Gasteiger partial charge on any atom is -0.502 e. The van der Waals surface area contributed by atoms with Gasteiger partial charge in [0.05, 0.1) is 0 Å². The van der Waals surface area contributed by atoms with Crippen LogP contribution in [0.15, 0.2) is 29.2 Å². The summed E-state index contributed by atoms with van der Waals surface area (Å²) in [7, 11) is 1.58. The standard InChI is InChI=1S/C20H23FN4O4/c1-12-5-6-13(15(21)9-12)10-22-19(28)14-11-25-16(18(27)17(14)26)20(29)24(2)8-4-3-7-23-25/h5-6,9,11,23,27H,3-4,7-8,10H2,1-2H3,(H,22,28). The van der Waals surface area contributed by atoms with E-state index in [1.807, 2.05) is 0 Å². The average molecular weight is 402 g/mol. The van der Waals surface area contributed by atoms with Gasteiger partial charge in [0.1, 0.15) is 11.4 Å². The number of hydrogen-bond donors (Lipinski definition) is 3. The van der Waals surface area contributed by atoms with Crippen molar-refractivity contribution in [1.29, 1.82) is 0 Å². The Morgan fingerprint density at radius 1 is 1.31 bits per heavy atom. The number of carbonyl (C=O) groups is 2. The second-order valence-electron chi connectivity index (χ2n) is 7.06. The van der Waals surface area contributed by atoms with Crippen LogP contribution < -0.4 is 16.2 Å². The minimum absolute atomic E-state index is 0.123. The van der Waals surface area contributed by atoms with Crippen LogP contribution in [0.4, 0.5) is 4.39 Å². The molecule has 0 spiro atoms. The molecule has 154 valence electrons. The van der Waals surface area contributed by atoms with Crippen LogP contribution in [0.2, 0.25) is 0 Å². The molecule has 2 amide bonds. The summed E-state index contributed by atoms with van der Waals surface area (Å²) >= 11 is 0. The molecular weight excluding hydrogens is 379 g/mol. The van der Waals surface area contributed by atoms with Crippen LogP contribution in [0, 0.1) is 12.7 Å². The Balaban J connectivity index is 1.91. The van der Waals surface area contributed by atoms with E-state index < -0.39 is 28.8 Å². The summed E-state index contributed by atoms with van der Waals surface area (Å²) in [6.07, 6.45) is 2.71. The van der Waals surface area contributed by atoms with Crippen molar-refractivity contribution in [2.24, 2.45) is 0 Å². The Morgan fingerprint density at radius 3 is 2.79 bits per heavy atom. The fraction of sp³-hybridized carbons (Fsp3) is 0.350. The number of fused-ring (bicyclic) bond motifs is 1. The highest BCUT2D eigenvalue weighted by atomic mass is 19.1. The SMILES string of the molecule is Cc1ccc(CNC(=O)c2cn3c(c(O)c2=O)C(=O)N(C)CCCCN3)c(F)c1. The van der Waals surface area contributed by atoms with E-state index >= 15 is 0 Å². The van der Waals surface area contributed by atoms with Crippen molar-refractivity contribution < 1.29 is 19.1 Å². The highest BCUT2D eigenvalue weighted by Gasteiger charge is 2.26. The number of aryl methyl sites for hydroxylation is 1. The van der Waals surface area contributed by atoms with E-state index in [-0.39, 0.29) is 23.4 Å². The number of pyridine rings is 1. The van der Waals surface area contributed by atoms with Crippen LogP contribution >= 0.6 is 0 Å². The van der Waals surface area contributed by atoms with Gasteiger partial charge in [-0.05, 0) is 31.4 Å². The predicted molar refractivity (Wildman–Crippen MR) is 105 cm³/mol. The molecular formula is C20H23FN4O4. The van der Waals surface area contributed by atoms with Crippen molar-refractivity contribution in [3.8, 4) is 5.75 Å². The molecule has 0 saturated heterocycles. The van der Waals surface area contributed by atoms with Crippen molar-refractivity contribution in [1.82, 2.24) is 14.9 Å². The molecule has 2 aromatic rings. The van der Waals surface area contributed by atoms with Gasteiger partial charge in [-0.25, -0.2) is 4.39 Å². The molecule has 0 radical (unpaired) electrons. The van der Waals surface area contributed by atoms with Crippen molar-refractivity contribution >= 4 is 11.8 Å². The lowest BCUT2D eigenvalue weighted by Crippen LogP contribution is -2.36. The van der Waals surface area contributed by atoms with E-state index in [0.717, 1.165) is 18.4 Å². The third-order valence-corrected chi connectivity index (χ3v) is 4.83. The van der Waals surface area contributed by atoms with Crippen LogP contribution in [-0.4, -0.2) is 46.6 Å². The summed E-state index contributed by atoms with van der Waals surface area (Å²) in [6.45, 7) is 2.60. The number of carbonyl (C=O) groups excluding carboxylic acids is 2. The first-order chi connectivity index (χ1) is 13.8. The first-order valence-corrected chi connectivity index (χ1v) is 9.30. The van der Waals surface area contributed by atoms with Crippen LogP contribution in [0.3, 0.4) is 0 Å². The first-order valence-electron chi connectivity index (χ1n) is 9.30. The summed E-state index contributed by atoms with van der Waals surface area (Å²) < 4.78 is 15.2. The number of nitrogens with one attached hydrogen (secondary N) is 2. The van der Waals surface area contributed by atoms with Gasteiger partial charge in [0.15, 0.2) is 11.4 Å². The molecule has 1 aliphatic rings. The zero-order valence-electron chi connectivity index (χ0n) is 16.3. The average Bonchev–Trinajstić information content (AvgIpc) is 2.74. The lowest BCUT2D eigenvalue weighted by molar-refractivity contribution is 0.0780. The maximum absolute atomic E-state index is 14.0. The van der Waals surface area contributed by atoms with Gasteiger partial charge in [0.2, 0.25) is 5.43 Å². The smallest absolute Gasteiger partial charge is 0.276 e. The van der Waals surface area contributed by atoms with E-state index in [9.17, 15) is 23.9 Å². The van der Waals surface area contributed by atoms with Gasteiger partial charge < -0.3 is 20.7 Å². The maximum atomic E-state index is 14.0. The molecule has 2 heterocycles. The quantitative estimate of drug-likeness (QED) is 0.719. The molecule has 3 rings (SSSR count). The molecule has 9 heteroatoms. The monoisotopic (exact) mass is 402 g/mol. The van der Waals surface area contributed by atoms with Crippen molar-refractivity contribution in [2.75, 3.05) is 25.6 Å². The van der Waals surface area contributed by atoms with Gasteiger partial charge in [0.25, 0.3) is 11.8 Å². The number of hydrogen-bond acceptors (Lipinski definition) is 5. The number of amides is 2. The van der Waals surface area contributed by atoms with Crippen LogP contribution in [0.1, 0.15) is 44.8 Å². The van der Waals surface area contributed by atoms with Crippen LogP contribution in [-0.2, 0) is 6.54 Å². The number of nitrogens with zero attached hydrogens (tertiary/aromatic N) is 2. The molecule has 1 aromatic heterocycles. The number of benzene rings is 1. The highest BCUT2D eigenvalue weighted by molar-refractivity contribution is 5.98. The molecule has 0 fully saturated rings. The fourth-order valence-electron chi connectivity index (χ4n) is 3.11. The zero-order chi connectivity index (χ0) is 21.1. The molecule has 0 aliphatic carbocycles. The summed E-state index contributed by atoms with van der Waals surface area (Å²) in [4.78, 5) is 39.1. The summed E-state index contributed by atoms with van der Waals surface area (Å²) in [5.41, 5.74) is 2.43. The number of halogens is 1. The van der Waals surface area contributed by atoms with Gasteiger partial charge in [-0.1, -0.05) is 12.1 Å². The Bertz CT molecular complexity index is 1020. The molecule has 0 saturated carbocycles. The van der Waals surface area contributed by atoms with Gasteiger partial charge in [-0.3, -0.25) is 19.1 Å². The fourth-order valence-corrected chi connectivity index (χ4v) is 3.11. The largest absolute Gasteiger partial charge is 0.502 e. The van der Waals surface area contributed by atoms with E-state index in [1.165, 1.54) is 21.8 Å². The van der Waals surface area contributed by atoms with Crippen molar-refractivity contribution in [3.63, 3.8) is 0 Å². The van der Waals surface area contributed by atoms with Gasteiger partial charge in [-0.2, -0.15) is 0 Å². The third-order valence-electron chi connectivity index (χ3n) is 4.83. The highest BCUT2D eigenvalue weighted by Crippen LogP contribution is 2.17. The number of rotatable bonds is 3. The Labute approximate surface area is 166 Å². The van der Waals surface area contributed by atoms with Crippen LogP contribution in [0.25, 0.3) is 0 Å². The number of aromatic hydroxyl groups is 1. The zero-order valence-corrected chi connectivity index (χ0v) is 16.3. The lowest BCUT2D eigenvalue weighted by atomic mass is 10.1. The molecule has 8 nitrogen and oxygen atoms in total. The molecule has 0 atom stereocenters. The topological polar surface area (TPSA) is 104 Å². The maximum Gasteiger partial charge on any atom is 0.276 e. The lowest BCUT2D eigenvalue weighted by Gasteiger charge is -2.20. The summed E-state index contributed by atoms with van der Waals surface area (Å²) in [5, 5.41) is 12.9. The van der Waals surface area contributed by atoms with Gasteiger partial charge >= 0.3 is 0 Å². The molecule has 3 N–H and O–H groups in total. The summed E-state index contributed by atoms with van der Waals surface area (Å²) in [6, 6.07) is 4.61. The van der Waals surface area contributed by atoms with Crippen LogP contribution in [0.5, 0.6) is 5.75 Å². The van der Waals surface area contributed by atoms with E-state index in [4.69, 9.17) is 0 Å². The Morgan fingerprint density at radius 2 is 2.07 bits per heavy atom. The Hall–Kier alpha value is -3.36. The van der Waals surface area contributed by atoms with Gasteiger partial charge in [0, 0.05) is 38.4 Å². The molecule has 1 aromatic carbocycles.